The fraction of sp³-hybridized carbons (Fsp3) is 0.364. The van der Waals surface area contributed by atoms with Gasteiger partial charge < -0.3 is 4.74 Å². The Bertz CT molecular complexity index is 838. The minimum absolute atomic E-state index is 0.250. The van der Waals surface area contributed by atoms with Gasteiger partial charge in [-0.15, -0.1) is 0 Å². The lowest BCUT2D eigenvalue weighted by molar-refractivity contribution is 0.0358. The number of carbonyl (C=O) groups excluding carboxylic acids is 2. The molecule has 0 bridgehead atoms. The number of hydrogen-bond acceptors (Lipinski definition) is 3. The maximum absolute atomic E-state index is 13.1. The summed E-state index contributed by atoms with van der Waals surface area (Å²) in [6.45, 7) is 9.54. The summed E-state index contributed by atoms with van der Waals surface area (Å²) in [7, 11) is 1.58. The van der Waals surface area contributed by atoms with Gasteiger partial charge in [0.05, 0.1) is 12.6 Å². The molecule has 0 saturated carbocycles. The molecule has 0 aliphatic rings. The third kappa shape index (κ3) is 4.67. The average molecular weight is 368 g/mol. The van der Waals surface area contributed by atoms with Gasteiger partial charge in [-0.05, 0) is 58.4 Å². The topological polar surface area (TPSA) is 58.6 Å². The highest BCUT2D eigenvalue weighted by atomic mass is 16.5. The molecule has 2 aromatic rings. The zero-order valence-electron chi connectivity index (χ0n) is 16.9. The van der Waals surface area contributed by atoms with Crippen molar-refractivity contribution in [1.82, 2.24) is 10.4 Å². The van der Waals surface area contributed by atoms with Crippen LogP contribution in [-0.2, 0) is 6.42 Å². The Hall–Kier alpha value is -2.82. The molecule has 0 aliphatic heterocycles. The van der Waals surface area contributed by atoms with E-state index in [0.29, 0.717) is 23.3 Å². The van der Waals surface area contributed by atoms with Crippen molar-refractivity contribution < 1.29 is 14.3 Å². The predicted octanol–water partition coefficient (Wildman–Crippen LogP) is 4.15. The molecule has 1 N–H and O–H groups in total. The standard InChI is InChI=1S/C22H28N2O3/c1-7-17-18(12-9-13-19(17)27-6)20(25)23-24(22(3,4)5)21(26)16-11-8-10-15(2)14-16/h8-14H,7H2,1-6H3,(H,23,25). The highest BCUT2D eigenvalue weighted by molar-refractivity contribution is 6.00. The normalized spacial score (nSPS) is 11.0. The third-order valence-electron chi connectivity index (χ3n) is 4.30. The molecule has 0 fully saturated rings. The van der Waals surface area contributed by atoms with E-state index in [4.69, 9.17) is 4.74 Å². The Morgan fingerprint density at radius 1 is 1.11 bits per heavy atom. The van der Waals surface area contributed by atoms with Gasteiger partial charge in [0.15, 0.2) is 0 Å². The Morgan fingerprint density at radius 3 is 2.33 bits per heavy atom. The van der Waals surface area contributed by atoms with E-state index >= 15 is 0 Å². The molecule has 5 heteroatoms. The SMILES string of the molecule is CCc1c(OC)cccc1C(=O)NN(C(=O)c1cccc(C)c1)C(C)(C)C. The first kappa shape index (κ1) is 20.5. The van der Waals surface area contributed by atoms with E-state index in [1.807, 2.05) is 58.9 Å². The second-order valence-electron chi connectivity index (χ2n) is 7.46. The van der Waals surface area contributed by atoms with Crippen molar-refractivity contribution in [3.8, 4) is 5.75 Å². The molecule has 0 atom stereocenters. The Kier molecular flexibility index (Phi) is 6.26. The van der Waals surface area contributed by atoms with E-state index in [9.17, 15) is 9.59 Å². The number of benzene rings is 2. The monoisotopic (exact) mass is 368 g/mol. The number of nitrogens with zero attached hydrogens (tertiary/aromatic N) is 1. The van der Waals surface area contributed by atoms with Crippen LogP contribution in [0.15, 0.2) is 42.5 Å². The first-order valence-corrected chi connectivity index (χ1v) is 9.07. The second-order valence-corrected chi connectivity index (χ2v) is 7.46. The summed E-state index contributed by atoms with van der Waals surface area (Å²) >= 11 is 0. The van der Waals surface area contributed by atoms with Crippen LogP contribution in [0, 0.1) is 6.92 Å². The minimum atomic E-state index is -0.596. The van der Waals surface area contributed by atoms with Crippen molar-refractivity contribution in [3.63, 3.8) is 0 Å². The number of hydrogen-bond donors (Lipinski definition) is 1. The number of hydrazine groups is 1. The number of methoxy groups -OCH3 is 1. The molecule has 2 amide bonds. The van der Waals surface area contributed by atoms with Crippen LogP contribution >= 0.6 is 0 Å². The molecule has 0 saturated heterocycles. The highest BCUT2D eigenvalue weighted by Crippen LogP contribution is 2.24. The molecule has 0 aliphatic carbocycles. The van der Waals surface area contributed by atoms with Gasteiger partial charge >= 0.3 is 0 Å². The lowest BCUT2D eigenvalue weighted by Crippen LogP contribution is -2.56. The molecular formula is C22H28N2O3. The average Bonchev–Trinajstić information content (AvgIpc) is 2.63. The van der Waals surface area contributed by atoms with E-state index in [0.717, 1.165) is 11.1 Å². The zero-order chi connectivity index (χ0) is 20.2. The first-order chi connectivity index (χ1) is 12.7. The smallest absolute Gasteiger partial charge is 0.272 e. The van der Waals surface area contributed by atoms with Crippen molar-refractivity contribution in [3.05, 3.63) is 64.7 Å². The van der Waals surface area contributed by atoms with Crippen LogP contribution < -0.4 is 10.2 Å². The van der Waals surface area contributed by atoms with Gasteiger partial charge in [-0.3, -0.25) is 15.0 Å². The van der Waals surface area contributed by atoms with Gasteiger partial charge in [0.2, 0.25) is 0 Å². The van der Waals surface area contributed by atoms with E-state index in [2.05, 4.69) is 5.43 Å². The Morgan fingerprint density at radius 2 is 1.78 bits per heavy atom. The molecular weight excluding hydrogens is 340 g/mol. The summed E-state index contributed by atoms with van der Waals surface area (Å²) in [4.78, 5) is 26.1. The van der Waals surface area contributed by atoms with Gasteiger partial charge in [0, 0.05) is 16.7 Å². The van der Waals surface area contributed by atoms with E-state index < -0.39 is 5.54 Å². The summed E-state index contributed by atoms with van der Waals surface area (Å²) in [6.07, 6.45) is 0.647. The molecule has 27 heavy (non-hydrogen) atoms. The maximum atomic E-state index is 13.1. The summed E-state index contributed by atoms with van der Waals surface area (Å²) in [6, 6.07) is 12.7. The van der Waals surface area contributed by atoms with E-state index in [1.165, 1.54) is 5.01 Å². The van der Waals surface area contributed by atoms with E-state index in [1.54, 1.807) is 25.3 Å². The van der Waals surface area contributed by atoms with Gasteiger partial charge in [0.25, 0.3) is 11.8 Å². The van der Waals surface area contributed by atoms with Crippen molar-refractivity contribution >= 4 is 11.8 Å². The molecule has 0 heterocycles. The highest BCUT2D eigenvalue weighted by Gasteiger charge is 2.30. The van der Waals surface area contributed by atoms with Crippen molar-refractivity contribution in [2.24, 2.45) is 0 Å². The lowest BCUT2D eigenvalue weighted by Gasteiger charge is -2.35. The van der Waals surface area contributed by atoms with Crippen LogP contribution in [0.4, 0.5) is 0 Å². The van der Waals surface area contributed by atoms with Crippen molar-refractivity contribution in [2.45, 2.75) is 46.6 Å². The van der Waals surface area contributed by atoms with Crippen LogP contribution in [0.1, 0.15) is 59.5 Å². The predicted molar refractivity (Wildman–Crippen MR) is 107 cm³/mol. The lowest BCUT2D eigenvalue weighted by atomic mass is 10.0. The number of amides is 2. The third-order valence-corrected chi connectivity index (χ3v) is 4.30. The van der Waals surface area contributed by atoms with Crippen LogP contribution in [-0.4, -0.2) is 29.5 Å². The van der Waals surface area contributed by atoms with Gasteiger partial charge in [-0.1, -0.05) is 30.7 Å². The summed E-state index contributed by atoms with van der Waals surface area (Å²) < 4.78 is 5.37. The van der Waals surface area contributed by atoms with Gasteiger partial charge in [0.1, 0.15) is 5.75 Å². The summed E-state index contributed by atoms with van der Waals surface area (Å²) in [5.74, 6) is 0.0830. The molecule has 0 unspecified atom stereocenters. The number of carbonyl (C=O) groups is 2. The molecule has 5 nitrogen and oxygen atoms in total. The molecule has 0 spiro atoms. The molecule has 144 valence electrons. The molecule has 0 aromatic heterocycles. The van der Waals surface area contributed by atoms with Crippen LogP contribution in [0.5, 0.6) is 5.75 Å². The quantitative estimate of drug-likeness (QED) is 0.825. The van der Waals surface area contributed by atoms with Crippen molar-refractivity contribution in [2.75, 3.05) is 7.11 Å². The summed E-state index contributed by atoms with van der Waals surface area (Å²) in [5.41, 5.74) is 5.05. The maximum Gasteiger partial charge on any atom is 0.272 e. The largest absolute Gasteiger partial charge is 0.496 e. The first-order valence-electron chi connectivity index (χ1n) is 9.07. The molecule has 2 rings (SSSR count). The number of nitrogens with one attached hydrogen (secondary N) is 1. The fourth-order valence-corrected chi connectivity index (χ4v) is 2.93. The Balaban J connectivity index is 2.38. The Labute approximate surface area is 161 Å². The van der Waals surface area contributed by atoms with Crippen molar-refractivity contribution in [1.29, 1.82) is 0 Å². The zero-order valence-corrected chi connectivity index (χ0v) is 16.9. The number of rotatable bonds is 4. The van der Waals surface area contributed by atoms with Gasteiger partial charge in [-0.2, -0.15) is 0 Å². The fourth-order valence-electron chi connectivity index (χ4n) is 2.93. The van der Waals surface area contributed by atoms with Crippen LogP contribution in [0.3, 0.4) is 0 Å². The number of aryl methyl sites for hydroxylation is 1. The minimum Gasteiger partial charge on any atom is -0.496 e. The molecule has 0 radical (unpaired) electrons. The summed E-state index contributed by atoms with van der Waals surface area (Å²) in [5, 5.41) is 1.39. The molecule has 2 aromatic carbocycles. The van der Waals surface area contributed by atoms with Gasteiger partial charge in [-0.25, -0.2) is 5.01 Å². The second kappa shape index (κ2) is 8.25. The van der Waals surface area contributed by atoms with E-state index in [-0.39, 0.29) is 11.8 Å². The number of ether oxygens (including phenoxy) is 1. The van der Waals surface area contributed by atoms with Crippen LogP contribution in [0.2, 0.25) is 0 Å². The van der Waals surface area contributed by atoms with Crippen LogP contribution in [0.25, 0.3) is 0 Å².